The van der Waals surface area contributed by atoms with Gasteiger partial charge in [0.25, 0.3) is 5.56 Å². The molecule has 0 aliphatic heterocycles. The number of benzene rings is 1. The summed E-state index contributed by atoms with van der Waals surface area (Å²) in [5.41, 5.74) is 1.14. The SMILES string of the molecule is COc1ccc2cc(CNC(=O)C3CCCCC3)c(=O)[nH]c2c1. The van der Waals surface area contributed by atoms with Crippen molar-refractivity contribution in [2.45, 2.75) is 38.6 Å². The number of pyridine rings is 1. The van der Waals surface area contributed by atoms with Crippen molar-refractivity contribution < 1.29 is 9.53 Å². The van der Waals surface area contributed by atoms with Crippen LogP contribution in [0.4, 0.5) is 0 Å². The molecule has 0 radical (unpaired) electrons. The van der Waals surface area contributed by atoms with Gasteiger partial charge in [-0.05, 0) is 36.4 Å². The predicted molar refractivity (Wildman–Crippen MR) is 89.5 cm³/mol. The van der Waals surface area contributed by atoms with Crippen LogP contribution >= 0.6 is 0 Å². The molecule has 2 N–H and O–H groups in total. The lowest BCUT2D eigenvalue weighted by molar-refractivity contribution is -0.126. The largest absolute Gasteiger partial charge is 0.497 e. The van der Waals surface area contributed by atoms with Gasteiger partial charge in [-0.25, -0.2) is 0 Å². The zero-order chi connectivity index (χ0) is 16.2. The highest BCUT2D eigenvalue weighted by Gasteiger charge is 2.20. The Morgan fingerprint density at radius 2 is 2.04 bits per heavy atom. The van der Waals surface area contributed by atoms with E-state index in [0.717, 1.165) is 36.6 Å². The summed E-state index contributed by atoms with van der Waals surface area (Å²) in [7, 11) is 1.59. The Morgan fingerprint density at radius 1 is 1.26 bits per heavy atom. The first-order valence-electron chi connectivity index (χ1n) is 8.15. The van der Waals surface area contributed by atoms with Gasteiger partial charge in [-0.3, -0.25) is 9.59 Å². The number of hydrogen-bond donors (Lipinski definition) is 2. The highest BCUT2D eigenvalue weighted by atomic mass is 16.5. The molecule has 1 heterocycles. The number of carbonyl (C=O) groups is 1. The smallest absolute Gasteiger partial charge is 0.253 e. The van der Waals surface area contributed by atoms with Crippen LogP contribution in [0.5, 0.6) is 5.75 Å². The van der Waals surface area contributed by atoms with Gasteiger partial charge < -0.3 is 15.0 Å². The maximum atomic E-state index is 12.2. The summed E-state index contributed by atoms with van der Waals surface area (Å²) >= 11 is 0. The van der Waals surface area contributed by atoms with Crippen LogP contribution in [0.3, 0.4) is 0 Å². The van der Waals surface area contributed by atoms with Gasteiger partial charge in [0, 0.05) is 24.1 Å². The van der Waals surface area contributed by atoms with Crippen LogP contribution in [0.25, 0.3) is 10.9 Å². The van der Waals surface area contributed by atoms with Crippen LogP contribution in [0, 0.1) is 5.92 Å². The standard InChI is InChI=1S/C18H22N2O3/c1-23-15-8-7-13-9-14(18(22)20-16(13)10-15)11-19-17(21)12-5-3-2-4-6-12/h7-10,12H,2-6,11H2,1H3,(H,19,21)(H,20,22). The molecule has 1 aliphatic rings. The third-order valence-corrected chi connectivity index (χ3v) is 4.56. The molecule has 1 aliphatic carbocycles. The van der Waals surface area contributed by atoms with Crippen LogP contribution in [0.2, 0.25) is 0 Å². The topological polar surface area (TPSA) is 71.2 Å². The number of aromatic amines is 1. The van der Waals surface area contributed by atoms with Gasteiger partial charge in [0.05, 0.1) is 12.6 Å². The fraction of sp³-hybridized carbons (Fsp3) is 0.444. The number of hydrogen-bond acceptors (Lipinski definition) is 3. The van der Waals surface area contributed by atoms with E-state index in [9.17, 15) is 9.59 Å². The summed E-state index contributed by atoms with van der Waals surface area (Å²) in [5.74, 6) is 0.873. The Hall–Kier alpha value is -2.30. The third kappa shape index (κ3) is 3.55. The van der Waals surface area contributed by atoms with Crippen molar-refractivity contribution in [2.24, 2.45) is 5.92 Å². The minimum absolute atomic E-state index is 0.0685. The highest BCUT2D eigenvalue weighted by molar-refractivity contribution is 5.81. The molecule has 0 spiro atoms. The monoisotopic (exact) mass is 314 g/mol. The average Bonchev–Trinajstić information content (AvgIpc) is 2.60. The first-order chi connectivity index (χ1) is 11.2. The number of ether oxygens (including phenoxy) is 1. The predicted octanol–water partition coefficient (Wildman–Crippen LogP) is 2.73. The molecule has 1 aromatic heterocycles. The van der Waals surface area contributed by atoms with Gasteiger partial charge in [-0.1, -0.05) is 19.3 Å². The lowest BCUT2D eigenvalue weighted by Gasteiger charge is -2.20. The van der Waals surface area contributed by atoms with Gasteiger partial charge in [0.2, 0.25) is 5.91 Å². The van der Waals surface area contributed by atoms with E-state index >= 15 is 0 Å². The number of aromatic nitrogens is 1. The molecule has 0 unspecified atom stereocenters. The van der Waals surface area contributed by atoms with Crippen LogP contribution in [0.15, 0.2) is 29.1 Å². The molecule has 0 bridgehead atoms. The fourth-order valence-electron chi connectivity index (χ4n) is 3.18. The molecule has 1 fully saturated rings. The normalized spacial score (nSPS) is 15.5. The van der Waals surface area contributed by atoms with E-state index in [1.807, 2.05) is 18.2 Å². The molecular formula is C18H22N2O3. The van der Waals surface area contributed by atoms with Gasteiger partial charge in [0.15, 0.2) is 0 Å². The zero-order valence-electron chi connectivity index (χ0n) is 13.4. The minimum atomic E-state index is -0.172. The molecule has 1 aromatic carbocycles. The van der Waals surface area contributed by atoms with E-state index in [-0.39, 0.29) is 23.9 Å². The Morgan fingerprint density at radius 3 is 2.78 bits per heavy atom. The fourth-order valence-corrected chi connectivity index (χ4v) is 3.18. The molecule has 1 saturated carbocycles. The van der Waals surface area contributed by atoms with E-state index in [2.05, 4.69) is 10.3 Å². The average molecular weight is 314 g/mol. The number of H-pyrrole nitrogens is 1. The van der Waals surface area contributed by atoms with Crippen molar-refractivity contribution in [3.63, 3.8) is 0 Å². The summed E-state index contributed by atoms with van der Waals surface area (Å²) in [4.78, 5) is 27.2. The van der Waals surface area contributed by atoms with Crippen LogP contribution in [-0.4, -0.2) is 18.0 Å². The number of amides is 1. The maximum Gasteiger partial charge on any atom is 0.253 e. The van der Waals surface area contributed by atoms with Crippen molar-refractivity contribution in [3.05, 3.63) is 40.2 Å². The maximum absolute atomic E-state index is 12.2. The molecule has 5 nitrogen and oxygen atoms in total. The van der Waals surface area contributed by atoms with E-state index < -0.39 is 0 Å². The number of carbonyl (C=O) groups excluding carboxylic acids is 1. The molecule has 3 rings (SSSR count). The summed E-state index contributed by atoms with van der Waals surface area (Å²) in [6, 6.07) is 7.37. The van der Waals surface area contributed by atoms with E-state index in [4.69, 9.17) is 4.74 Å². The van der Waals surface area contributed by atoms with E-state index in [0.29, 0.717) is 11.3 Å². The van der Waals surface area contributed by atoms with Gasteiger partial charge in [-0.15, -0.1) is 0 Å². The summed E-state index contributed by atoms with van der Waals surface area (Å²) < 4.78 is 5.16. The first kappa shape index (κ1) is 15.6. The molecule has 5 heteroatoms. The summed E-state index contributed by atoms with van der Waals surface area (Å²) in [6.07, 6.45) is 5.38. The summed E-state index contributed by atoms with van der Waals surface area (Å²) in [5, 5.41) is 3.84. The Bertz CT molecular complexity index is 760. The number of rotatable bonds is 4. The van der Waals surface area contributed by atoms with E-state index in [1.54, 1.807) is 13.2 Å². The number of fused-ring (bicyclic) bond motifs is 1. The quantitative estimate of drug-likeness (QED) is 0.911. The Balaban J connectivity index is 1.73. The second kappa shape index (κ2) is 6.86. The zero-order valence-corrected chi connectivity index (χ0v) is 13.4. The molecule has 0 saturated heterocycles. The summed E-state index contributed by atoms with van der Waals surface area (Å²) in [6.45, 7) is 0.270. The Kier molecular flexibility index (Phi) is 4.65. The molecule has 122 valence electrons. The van der Waals surface area contributed by atoms with Crippen LogP contribution in [-0.2, 0) is 11.3 Å². The van der Waals surface area contributed by atoms with Gasteiger partial charge in [-0.2, -0.15) is 0 Å². The molecule has 0 atom stereocenters. The van der Waals surface area contributed by atoms with Gasteiger partial charge in [0.1, 0.15) is 5.75 Å². The first-order valence-corrected chi connectivity index (χ1v) is 8.15. The molecule has 23 heavy (non-hydrogen) atoms. The van der Waals surface area contributed by atoms with Gasteiger partial charge >= 0.3 is 0 Å². The minimum Gasteiger partial charge on any atom is -0.497 e. The van der Waals surface area contributed by atoms with Crippen molar-refractivity contribution in [2.75, 3.05) is 7.11 Å². The van der Waals surface area contributed by atoms with Crippen LogP contribution in [0.1, 0.15) is 37.7 Å². The highest BCUT2D eigenvalue weighted by Crippen LogP contribution is 2.23. The molecular weight excluding hydrogens is 292 g/mol. The van der Waals surface area contributed by atoms with E-state index in [1.165, 1.54) is 6.42 Å². The van der Waals surface area contributed by atoms with Crippen LogP contribution < -0.4 is 15.6 Å². The van der Waals surface area contributed by atoms with Crippen molar-refractivity contribution in [1.82, 2.24) is 10.3 Å². The Labute approximate surface area is 135 Å². The second-order valence-electron chi connectivity index (χ2n) is 6.13. The van der Waals surface area contributed by atoms with Crippen molar-refractivity contribution in [3.8, 4) is 5.75 Å². The molecule has 1 amide bonds. The third-order valence-electron chi connectivity index (χ3n) is 4.56. The lowest BCUT2D eigenvalue weighted by Crippen LogP contribution is -2.33. The number of nitrogens with one attached hydrogen (secondary N) is 2. The van der Waals surface area contributed by atoms with Crippen molar-refractivity contribution >= 4 is 16.8 Å². The number of methoxy groups -OCH3 is 1. The van der Waals surface area contributed by atoms with Crippen molar-refractivity contribution in [1.29, 1.82) is 0 Å². The molecule has 2 aromatic rings. The lowest BCUT2D eigenvalue weighted by atomic mass is 9.88. The second-order valence-corrected chi connectivity index (χ2v) is 6.13.